The van der Waals surface area contributed by atoms with Crippen molar-refractivity contribution < 1.29 is 18.3 Å². The number of pyridine rings is 1. The minimum atomic E-state index is -3.76. The van der Waals surface area contributed by atoms with Crippen molar-refractivity contribution in [2.45, 2.75) is 23.8 Å². The summed E-state index contributed by atoms with van der Waals surface area (Å²) < 4.78 is 30.9. The summed E-state index contributed by atoms with van der Waals surface area (Å²) in [5.41, 5.74) is -1.59. The van der Waals surface area contributed by atoms with Gasteiger partial charge in [-0.3, -0.25) is 4.79 Å². The minimum absolute atomic E-state index is 0.0605. The maximum Gasteiger partial charge on any atom is 0.247 e. The van der Waals surface area contributed by atoms with Gasteiger partial charge in [-0.15, -0.1) is 0 Å². The molecule has 0 aliphatic heterocycles. The minimum Gasteiger partial charge on any atom is -0.389 e. The zero-order chi connectivity index (χ0) is 14.5. The van der Waals surface area contributed by atoms with Gasteiger partial charge in [0.2, 0.25) is 15.6 Å². The molecule has 19 heavy (non-hydrogen) atoms. The van der Waals surface area contributed by atoms with Crippen molar-refractivity contribution in [3.8, 4) is 0 Å². The Kier molecular flexibility index (Phi) is 5.24. The Hall–Kier alpha value is -1.22. The Bertz CT molecular complexity index is 544. The predicted molar refractivity (Wildman–Crippen MR) is 69.4 cm³/mol. The highest BCUT2D eigenvalue weighted by Crippen LogP contribution is 2.10. The molecule has 0 saturated carbocycles. The van der Waals surface area contributed by atoms with E-state index < -0.39 is 15.6 Å². The first kappa shape index (κ1) is 15.8. The van der Waals surface area contributed by atoms with Gasteiger partial charge in [0.15, 0.2) is 0 Å². The number of aromatic nitrogens is 1. The van der Waals surface area contributed by atoms with Gasteiger partial charge in [-0.1, -0.05) is 0 Å². The smallest absolute Gasteiger partial charge is 0.247 e. The van der Waals surface area contributed by atoms with E-state index >= 15 is 0 Å². The molecule has 0 amide bonds. The van der Waals surface area contributed by atoms with Crippen LogP contribution in [0.1, 0.15) is 13.3 Å². The van der Waals surface area contributed by atoms with Crippen molar-refractivity contribution in [2.75, 3.05) is 20.3 Å². The van der Waals surface area contributed by atoms with Crippen LogP contribution in [0, 0.1) is 0 Å². The molecule has 1 rings (SSSR count). The summed E-state index contributed by atoms with van der Waals surface area (Å²) in [7, 11) is -2.26. The van der Waals surface area contributed by atoms with Crippen LogP contribution in [0.4, 0.5) is 0 Å². The Labute approximate surface area is 111 Å². The molecule has 3 N–H and O–H groups in total. The molecule has 0 aliphatic rings. The van der Waals surface area contributed by atoms with Crippen LogP contribution >= 0.6 is 0 Å². The van der Waals surface area contributed by atoms with Gasteiger partial charge in [-0.25, -0.2) is 13.1 Å². The molecule has 1 aromatic rings. The SMILES string of the molecule is COCCC(C)(O)CNS(=O)(=O)c1ccc(=O)[nH]c1. The molecule has 0 bridgehead atoms. The third kappa shape index (κ3) is 5.11. The van der Waals surface area contributed by atoms with E-state index in [0.717, 1.165) is 12.3 Å². The molecular weight excluding hydrogens is 272 g/mol. The quantitative estimate of drug-likeness (QED) is 0.624. The molecule has 108 valence electrons. The highest BCUT2D eigenvalue weighted by atomic mass is 32.2. The third-order valence-electron chi connectivity index (χ3n) is 2.55. The number of aromatic amines is 1. The van der Waals surface area contributed by atoms with Gasteiger partial charge in [0.1, 0.15) is 0 Å². The number of H-pyrrole nitrogens is 1. The largest absolute Gasteiger partial charge is 0.389 e. The van der Waals surface area contributed by atoms with Crippen LogP contribution in [0.5, 0.6) is 0 Å². The average molecular weight is 290 g/mol. The van der Waals surface area contributed by atoms with Crippen LogP contribution in [-0.2, 0) is 14.8 Å². The standard InChI is InChI=1S/C11H18N2O5S/c1-11(15,5-6-18-2)8-13-19(16,17)9-3-4-10(14)12-7-9/h3-4,7,13,15H,5-6,8H2,1-2H3,(H,12,14). The van der Waals surface area contributed by atoms with Crippen molar-refractivity contribution in [1.29, 1.82) is 0 Å². The van der Waals surface area contributed by atoms with Gasteiger partial charge in [0.05, 0.1) is 10.5 Å². The first-order valence-electron chi connectivity index (χ1n) is 5.66. The van der Waals surface area contributed by atoms with E-state index in [1.165, 1.54) is 20.1 Å². The van der Waals surface area contributed by atoms with E-state index in [0.29, 0.717) is 13.0 Å². The number of hydrogen-bond donors (Lipinski definition) is 3. The number of methoxy groups -OCH3 is 1. The predicted octanol–water partition coefficient (Wildman–Crippen LogP) is -0.559. The van der Waals surface area contributed by atoms with Crippen LogP contribution in [-0.4, -0.2) is 44.4 Å². The zero-order valence-electron chi connectivity index (χ0n) is 10.8. The van der Waals surface area contributed by atoms with E-state index in [-0.39, 0.29) is 17.0 Å². The molecule has 1 heterocycles. The summed E-state index contributed by atoms with van der Waals surface area (Å²) in [6.07, 6.45) is 1.41. The van der Waals surface area contributed by atoms with Crippen molar-refractivity contribution in [3.05, 3.63) is 28.7 Å². The number of sulfonamides is 1. The van der Waals surface area contributed by atoms with Crippen LogP contribution in [0.15, 0.2) is 28.0 Å². The Morgan fingerprint density at radius 3 is 2.68 bits per heavy atom. The molecule has 0 aliphatic carbocycles. The molecule has 1 atom stereocenters. The average Bonchev–Trinajstić information content (AvgIpc) is 2.35. The highest BCUT2D eigenvalue weighted by molar-refractivity contribution is 7.89. The number of rotatable bonds is 7. The van der Waals surface area contributed by atoms with E-state index in [1.54, 1.807) is 0 Å². The molecule has 0 radical (unpaired) electrons. The van der Waals surface area contributed by atoms with Gasteiger partial charge in [-0.2, -0.15) is 0 Å². The number of nitrogens with one attached hydrogen (secondary N) is 2. The summed E-state index contributed by atoms with van der Waals surface area (Å²) in [4.78, 5) is 13.1. The number of ether oxygens (including phenoxy) is 1. The molecule has 0 saturated heterocycles. The Morgan fingerprint density at radius 2 is 2.16 bits per heavy atom. The second-order valence-corrected chi connectivity index (χ2v) is 6.22. The lowest BCUT2D eigenvalue weighted by molar-refractivity contribution is 0.0292. The zero-order valence-corrected chi connectivity index (χ0v) is 11.7. The monoisotopic (exact) mass is 290 g/mol. The summed E-state index contributed by atoms with van der Waals surface area (Å²) in [6, 6.07) is 2.32. The van der Waals surface area contributed by atoms with Crippen LogP contribution in [0.3, 0.4) is 0 Å². The van der Waals surface area contributed by atoms with Crippen molar-refractivity contribution in [3.63, 3.8) is 0 Å². The second kappa shape index (κ2) is 6.29. The van der Waals surface area contributed by atoms with Crippen molar-refractivity contribution in [2.24, 2.45) is 0 Å². The first-order valence-corrected chi connectivity index (χ1v) is 7.15. The normalized spacial score (nSPS) is 15.1. The maximum absolute atomic E-state index is 11.9. The Balaban J connectivity index is 2.70. The van der Waals surface area contributed by atoms with Gasteiger partial charge in [0, 0.05) is 38.9 Å². The van der Waals surface area contributed by atoms with Crippen molar-refractivity contribution >= 4 is 10.0 Å². The topological polar surface area (TPSA) is 108 Å². The fraction of sp³-hybridized carbons (Fsp3) is 0.545. The fourth-order valence-corrected chi connectivity index (χ4v) is 2.44. The summed E-state index contributed by atoms with van der Waals surface area (Å²) in [5, 5.41) is 9.94. The van der Waals surface area contributed by atoms with Gasteiger partial charge in [-0.05, 0) is 13.0 Å². The second-order valence-electron chi connectivity index (χ2n) is 4.45. The number of hydrogen-bond acceptors (Lipinski definition) is 5. The molecule has 8 heteroatoms. The van der Waals surface area contributed by atoms with E-state index in [4.69, 9.17) is 4.74 Å². The van der Waals surface area contributed by atoms with Gasteiger partial charge < -0.3 is 14.8 Å². The van der Waals surface area contributed by atoms with Gasteiger partial charge in [0.25, 0.3) is 0 Å². The van der Waals surface area contributed by atoms with Crippen LogP contribution in [0.25, 0.3) is 0 Å². The highest BCUT2D eigenvalue weighted by Gasteiger charge is 2.24. The summed E-state index contributed by atoms with van der Waals surface area (Å²) >= 11 is 0. The van der Waals surface area contributed by atoms with E-state index in [2.05, 4.69) is 9.71 Å². The Morgan fingerprint density at radius 1 is 1.47 bits per heavy atom. The maximum atomic E-state index is 11.9. The first-order chi connectivity index (χ1) is 8.77. The van der Waals surface area contributed by atoms with Gasteiger partial charge >= 0.3 is 0 Å². The fourth-order valence-electron chi connectivity index (χ4n) is 1.31. The van der Waals surface area contributed by atoms with E-state index in [9.17, 15) is 18.3 Å². The lowest BCUT2D eigenvalue weighted by atomic mass is 10.0. The van der Waals surface area contributed by atoms with Crippen molar-refractivity contribution in [1.82, 2.24) is 9.71 Å². The molecule has 1 aromatic heterocycles. The molecule has 0 spiro atoms. The number of aliphatic hydroxyl groups is 1. The lowest BCUT2D eigenvalue weighted by Gasteiger charge is -2.23. The molecule has 7 nitrogen and oxygen atoms in total. The van der Waals surface area contributed by atoms with E-state index in [1.807, 2.05) is 0 Å². The summed E-state index contributed by atoms with van der Waals surface area (Å²) in [6.45, 7) is 1.70. The van der Waals surface area contributed by atoms with Crippen LogP contribution < -0.4 is 10.3 Å². The molecule has 0 fully saturated rings. The molecule has 0 aromatic carbocycles. The van der Waals surface area contributed by atoms with Crippen LogP contribution in [0.2, 0.25) is 0 Å². The molecular formula is C11H18N2O5S. The lowest BCUT2D eigenvalue weighted by Crippen LogP contribution is -2.41. The summed E-state index contributed by atoms with van der Waals surface area (Å²) in [5.74, 6) is 0. The third-order valence-corrected chi connectivity index (χ3v) is 3.95. The molecule has 1 unspecified atom stereocenters.